The van der Waals surface area contributed by atoms with Crippen molar-refractivity contribution in [1.82, 2.24) is 9.97 Å². The Morgan fingerprint density at radius 3 is 2.18 bits per heavy atom. The molecular formula is C30H17N3O5. The van der Waals surface area contributed by atoms with E-state index in [1.807, 2.05) is 24.3 Å². The van der Waals surface area contributed by atoms with Crippen molar-refractivity contribution in [1.29, 1.82) is 0 Å². The maximum atomic E-state index is 13.4. The topological polar surface area (TPSA) is 117 Å². The number of H-pyrrole nitrogens is 1. The first-order chi connectivity index (χ1) is 18.4. The number of hydrogen-bond acceptors (Lipinski definition) is 6. The first-order valence-electron chi connectivity index (χ1n) is 12.0. The number of amides is 2. The summed E-state index contributed by atoms with van der Waals surface area (Å²) in [6.07, 6.45) is 6.73. The van der Waals surface area contributed by atoms with Gasteiger partial charge >= 0.3 is 0 Å². The van der Waals surface area contributed by atoms with Crippen molar-refractivity contribution in [3.8, 4) is 0 Å². The molecule has 0 spiro atoms. The lowest BCUT2D eigenvalue weighted by molar-refractivity contribution is 0.0882. The van der Waals surface area contributed by atoms with Crippen molar-refractivity contribution < 1.29 is 19.2 Å². The molecule has 0 bridgehead atoms. The molecule has 1 aliphatic heterocycles. The molecule has 0 radical (unpaired) electrons. The van der Waals surface area contributed by atoms with Crippen molar-refractivity contribution >= 4 is 45.5 Å². The van der Waals surface area contributed by atoms with Crippen LogP contribution in [0.1, 0.15) is 65.2 Å². The number of carbonyl (C=O) groups excluding carboxylic acids is 4. The van der Waals surface area contributed by atoms with Gasteiger partial charge in [0.15, 0.2) is 11.6 Å². The third-order valence-electron chi connectivity index (χ3n) is 7.23. The van der Waals surface area contributed by atoms with Gasteiger partial charge in [0.1, 0.15) is 11.7 Å². The predicted molar refractivity (Wildman–Crippen MR) is 140 cm³/mol. The van der Waals surface area contributed by atoms with Gasteiger partial charge in [0.05, 0.1) is 27.7 Å². The summed E-state index contributed by atoms with van der Waals surface area (Å²) in [4.78, 5) is 74.1. The van der Waals surface area contributed by atoms with E-state index in [0.29, 0.717) is 16.6 Å². The first-order valence-corrected chi connectivity index (χ1v) is 12.0. The van der Waals surface area contributed by atoms with E-state index in [0.717, 1.165) is 22.5 Å². The van der Waals surface area contributed by atoms with Crippen molar-refractivity contribution in [2.45, 2.75) is 12.3 Å². The fraction of sp³-hybridized carbons (Fsp3) is 0.0667. The summed E-state index contributed by atoms with van der Waals surface area (Å²) in [5.41, 5.74) is 2.47. The number of aromatic nitrogens is 2. The molecule has 0 saturated carbocycles. The third kappa shape index (κ3) is 3.03. The van der Waals surface area contributed by atoms with Crippen LogP contribution in [0.3, 0.4) is 0 Å². The number of fused-ring (bicyclic) bond motifs is 3. The number of allylic oxidation sites excluding steroid dienone is 4. The van der Waals surface area contributed by atoms with Crippen molar-refractivity contribution in [3.05, 3.63) is 123 Å². The molecule has 182 valence electrons. The largest absolute Gasteiger partial charge is 0.309 e. The average Bonchev–Trinajstić information content (AvgIpc) is 3.61. The Balaban J connectivity index is 1.27. The molecule has 8 nitrogen and oxygen atoms in total. The number of hydrogen-bond donors (Lipinski definition) is 1. The molecule has 7 rings (SSSR count). The van der Waals surface area contributed by atoms with Crippen LogP contribution in [0.25, 0.3) is 16.5 Å². The lowest BCUT2D eigenvalue weighted by Crippen LogP contribution is -2.29. The second kappa shape index (κ2) is 7.88. The second-order valence-corrected chi connectivity index (χ2v) is 9.39. The third-order valence-corrected chi connectivity index (χ3v) is 7.23. The van der Waals surface area contributed by atoms with Crippen LogP contribution in [0, 0.1) is 0 Å². The van der Waals surface area contributed by atoms with Crippen molar-refractivity contribution in [2.75, 3.05) is 4.90 Å². The summed E-state index contributed by atoms with van der Waals surface area (Å²) in [6.45, 7) is 0. The number of para-hydroxylation sites is 1. The quantitative estimate of drug-likeness (QED) is 0.333. The molecule has 1 N–H and O–H groups in total. The van der Waals surface area contributed by atoms with Gasteiger partial charge in [-0.1, -0.05) is 42.5 Å². The van der Waals surface area contributed by atoms with Crippen LogP contribution in [0.15, 0.2) is 83.7 Å². The molecule has 0 atom stereocenters. The molecule has 0 unspecified atom stereocenters. The van der Waals surface area contributed by atoms with E-state index >= 15 is 0 Å². The highest BCUT2D eigenvalue weighted by Gasteiger charge is 2.45. The van der Waals surface area contributed by atoms with Crippen LogP contribution < -0.4 is 10.5 Å². The van der Waals surface area contributed by atoms with E-state index in [4.69, 9.17) is 0 Å². The minimum atomic E-state index is -1.35. The standard InChI is InChI=1S/C30H17N3O5/c34-25-19-13-21-22(30(38)33(29(21)37)17-9-5-8-16(12-17)15-6-1-2-7-15)14-20(19)26(35)24(25)27-31-23-11-4-3-10-18(23)28(36)32-27/h1-6,8-14,24H,7H2,(H,31,32,36). The zero-order valence-corrected chi connectivity index (χ0v) is 19.7. The fourth-order valence-corrected chi connectivity index (χ4v) is 5.35. The molecule has 2 heterocycles. The Morgan fingerprint density at radius 2 is 1.50 bits per heavy atom. The van der Waals surface area contributed by atoms with Gasteiger partial charge in [-0.05, 0) is 54.0 Å². The highest BCUT2D eigenvalue weighted by atomic mass is 16.2. The van der Waals surface area contributed by atoms with E-state index in [2.05, 4.69) is 9.97 Å². The van der Waals surface area contributed by atoms with Crippen LogP contribution in [-0.4, -0.2) is 33.3 Å². The molecule has 3 aliphatic rings. The Hall–Kier alpha value is -5.24. The molecule has 2 aliphatic carbocycles. The summed E-state index contributed by atoms with van der Waals surface area (Å²) in [5, 5.41) is 0.339. The molecule has 8 heteroatoms. The number of aromatic amines is 1. The Labute approximate surface area is 214 Å². The van der Waals surface area contributed by atoms with Crippen LogP contribution in [0.5, 0.6) is 0 Å². The summed E-state index contributed by atoms with van der Waals surface area (Å²) in [6, 6.07) is 16.4. The average molecular weight is 499 g/mol. The maximum absolute atomic E-state index is 13.4. The van der Waals surface area contributed by atoms with Crippen LogP contribution in [0.2, 0.25) is 0 Å². The Bertz CT molecular complexity index is 1860. The van der Waals surface area contributed by atoms with Gasteiger partial charge in [0, 0.05) is 11.1 Å². The monoisotopic (exact) mass is 499 g/mol. The SMILES string of the molecule is O=C1c2cc3c(cc2C(=O)C1c1nc2ccccc2c(=O)[nH]1)C(=O)N(c1cccc(C2=CC=CC2)c1)C3=O. The van der Waals surface area contributed by atoms with E-state index in [1.165, 1.54) is 12.1 Å². The molecule has 2 amide bonds. The number of Topliss-reactive ketones (excluding diaryl/α,β-unsaturated/α-hetero) is 2. The minimum Gasteiger partial charge on any atom is -0.309 e. The molecule has 0 saturated heterocycles. The summed E-state index contributed by atoms with van der Waals surface area (Å²) in [5.74, 6) is -3.70. The van der Waals surface area contributed by atoms with E-state index in [9.17, 15) is 24.0 Å². The zero-order chi connectivity index (χ0) is 26.1. The lowest BCUT2D eigenvalue weighted by atomic mass is 10.0. The molecular weight excluding hydrogens is 482 g/mol. The first kappa shape index (κ1) is 22.0. The van der Waals surface area contributed by atoms with Gasteiger partial charge < -0.3 is 4.98 Å². The van der Waals surface area contributed by atoms with E-state index in [-0.39, 0.29) is 28.1 Å². The number of rotatable bonds is 3. The van der Waals surface area contributed by atoms with Crippen molar-refractivity contribution in [2.24, 2.45) is 0 Å². The lowest BCUT2D eigenvalue weighted by Gasteiger charge is -2.15. The number of carbonyl (C=O) groups is 4. The Kier molecular flexibility index (Phi) is 4.56. The smallest absolute Gasteiger partial charge is 0.266 e. The number of anilines is 1. The van der Waals surface area contributed by atoms with Gasteiger partial charge in [-0.25, -0.2) is 9.88 Å². The van der Waals surface area contributed by atoms with Gasteiger partial charge in [-0.3, -0.25) is 24.0 Å². The van der Waals surface area contributed by atoms with Gasteiger partial charge in [0.25, 0.3) is 17.4 Å². The van der Waals surface area contributed by atoms with E-state index in [1.54, 1.807) is 42.5 Å². The van der Waals surface area contributed by atoms with Gasteiger partial charge in [-0.15, -0.1) is 0 Å². The van der Waals surface area contributed by atoms with Crippen LogP contribution in [0.4, 0.5) is 5.69 Å². The maximum Gasteiger partial charge on any atom is 0.266 e. The zero-order valence-electron chi connectivity index (χ0n) is 19.7. The predicted octanol–water partition coefficient (Wildman–Crippen LogP) is 4.23. The molecule has 4 aromatic rings. The molecule has 1 aromatic heterocycles. The number of ketones is 2. The highest BCUT2D eigenvalue weighted by molar-refractivity contribution is 6.37. The number of benzene rings is 3. The van der Waals surface area contributed by atoms with Crippen LogP contribution >= 0.6 is 0 Å². The minimum absolute atomic E-state index is 0.0356. The summed E-state index contributed by atoms with van der Waals surface area (Å²) < 4.78 is 0. The molecule has 3 aromatic carbocycles. The Morgan fingerprint density at radius 1 is 0.789 bits per heavy atom. The number of nitrogens with one attached hydrogen (secondary N) is 1. The van der Waals surface area contributed by atoms with Crippen LogP contribution in [-0.2, 0) is 0 Å². The normalized spacial score (nSPS) is 16.5. The van der Waals surface area contributed by atoms with Crippen molar-refractivity contribution in [3.63, 3.8) is 0 Å². The summed E-state index contributed by atoms with van der Waals surface area (Å²) >= 11 is 0. The fourth-order valence-electron chi connectivity index (χ4n) is 5.35. The van der Waals surface area contributed by atoms with Gasteiger partial charge in [0.2, 0.25) is 0 Å². The van der Waals surface area contributed by atoms with E-state index < -0.39 is 34.9 Å². The number of imide groups is 1. The van der Waals surface area contributed by atoms with Gasteiger partial charge in [-0.2, -0.15) is 0 Å². The summed E-state index contributed by atoms with van der Waals surface area (Å²) in [7, 11) is 0. The second-order valence-electron chi connectivity index (χ2n) is 9.39. The highest BCUT2D eigenvalue weighted by Crippen LogP contribution is 2.38. The molecule has 0 fully saturated rings. The number of nitrogens with zero attached hydrogens (tertiary/aromatic N) is 2. The molecule has 38 heavy (non-hydrogen) atoms.